The zero-order valence-electron chi connectivity index (χ0n) is 12.5. The van der Waals surface area contributed by atoms with E-state index >= 15 is 0 Å². The van der Waals surface area contributed by atoms with Gasteiger partial charge in [-0.1, -0.05) is 30.3 Å². The van der Waals surface area contributed by atoms with Crippen LogP contribution in [-0.4, -0.2) is 17.3 Å². The monoisotopic (exact) mass is 283 g/mol. The summed E-state index contributed by atoms with van der Waals surface area (Å²) in [5.41, 5.74) is 3.12. The Balaban J connectivity index is 1.83. The lowest BCUT2D eigenvalue weighted by atomic mass is 9.94. The molecule has 0 aliphatic carbocycles. The van der Waals surface area contributed by atoms with Gasteiger partial charge in [0.05, 0.1) is 6.04 Å². The van der Waals surface area contributed by atoms with Crippen molar-refractivity contribution in [2.75, 3.05) is 11.9 Å². The summed E-state index contributed by atoms with van der Waals surface area (Å²) in [6.45, 7) is 4.39. The Morgan fingerprint density at radius 2 is 1.81 bits per heavy atom. The average molecular weight is 283 g/mol. The molecule has 1 atom stereocenters. The Morgan fingerprint density at radius 1 is 1.10 bits per heavy atom. The van der Waals surface area contributed by atoms with Gasteiger partial charge in [0, 0.05) is 17.9 Å². The summed E-state index contributed by atoms with van der Waals surface area (Å²) in [6, 6.07) is 16.5. The molecule has 21 heavy (non-hydrogen) atoms. The molecule has 1 heterocycles. The summed E-state index contributed by atoms with van der Waals surface area (Å²) in [6.07, 6.45) is 0.696. The molecule has 0 fully saturated rings. The van der Waals surface area contributed by atoms with Gasteiger partial charge in [-0.25, -0.2) is 0 Å². The van der Waals surface area contributed by atoms with E-state index in [4.69, 9.17) is 9.84 Å². The second-order valence-corrected chi connectivity index (χ2v) is 5.99. The third-order valence-electron chi connectivity index (χ3n) is 3.96. The first kappa shape index (κ1) is 14.0. The maximum atomic E-state index is 8.96. The van der Waals surface area contributed by atoms with Crippen LogP contribution >= 0.6 is 0 Å². The molecule has 0 spiro atoms. The molecule has 2 aromatic rings. The minimum absolute atomic E-state index is 0.123. The number of aliphatic hydroxyl groups is 1. The molecule has 0 saturated heterocycles. The van der Waals surface area contributed by atoms with E-state index in [1.54, 1.807) is 0 Å². The van der Waals surface area contributed by atoms with Crippen LogP contribution in [0.1, 0.15) is 31.0 Å². The predicted octanol–water partition coefficient (Wildman–Crippen LogP) is 3.55. The Labute approximate surface area is 125 Å². The van der Waals surface area contributed by atoms with Crippen LogP contribution in [0.15, 0.2) is 48.5 Å². The van der Waals surface area contributed by atoms with Gasteiger partial charge in [-0.05, 0) is 44.0 Å². The first-order valence-electron chi connectivity index (χ1n) is 7.34. The summed E-state index contributed by atoms with van der Waals surface area (Å²) in [5.74, 6) is 0.955. The maximum Gasteiger partial charge on any atom is 0.128 e. The number of benzene rings is 2. The highest BCUT2D eigenvalue weighted by atomic mass is 16.5. The summed E-state index contributed by atoms with van der Waals surface area (Å²) < 4.78 is 6.05. The van der Waals surface area contributed by atoms with Gasteiger partial charge in [0.2, 0.25) is 0 Å². The van der Waals surface area contributed by atoms with E-state index in [1.165, 1.54) is 5.56 Å². The van der Waals surface area contributed by atoms with Crippen molar-refractivity contribution in [1.29, 1.82) is 0 Å². The quantitative estimate of drug-likeness (QED) is 0.901. The van der Waals surface area contributed by atoms with Crippen LogP contribution in [-0.2, 0) is 6.42 Å². The smallest absolute Gasteiger partial charge is 0.128 e. The van der Waals surface area contributed by atoms with Gasteiger partial charge in [-0.3, -0.25) is 0 Å². The molecule has 1 aliphatic heterocycles. The Kier molecular flexibility index (Phi) is 3.60. The van der Waals surface area contributed by atoms with Crippen molar-refractivity contribution in [3.63, 3.8) is 0 Å². The molecular weight excluding hydrogens is 262 g/mol. The molecule has 3 heteroatoms. The Hall–Kier alpha value is -2.00. The molecule has 3 nitrogen and oxygen atoms in total. The van der Waals surface area contributed by atoms with Gasteiger partial charge in [-0.2, -0.15) is 0 Å². The average Bonchev–Trinajstić information content (AvgIpc) is 2.72. The summed E-state index contributed by atoms with van der Waals surface area (Å²) >= 11 is 0. The molecule has 1 aliphatic rings. The number of anilines is 1. The fourth-order valence-electron chi connectivity index (χ4n) is 2.84. The normalized spacial score (nSPS) is 18.9. The second-order valence-electron chi connectivity index (χ2n) is 5.99. The topological polar surface area (TPSA) is 41.5 Å². The highest BCUT2D eigenvalue weighted by Crippen LogP contribution is 2.44. The maximum absolute atomic E-state index is 8.96. The SMILES string of the molecule is CC1(C)Oc2ccccc2C1Nc1ccc(CCO)cc1. The zero-order chi connectivity index (χ0) is 14.9. The first-order valence-corrected chi connectivity index (χ1v) is 7.34. The van der Waals surface area contributed by atoms with Crippen molar-refractivity contribution < 1.29 is 9.84 Å². The molecule has 2 N–H and O–H groups in total. The number of hydrogen-bond acceptors (Lipinski definition) is 3. The highest BCUT2D eigenvalue weighted by Gasteiger charge is 2.40. The molecule has 0 saturated carbocycles. The van der Waals surface area contributed by atoms with E-state index in [0.29, 0.717) is 6.42 Å². The van der Waals surface area contributed by atoms with Crippen molar-refractivity contribution >= 4 is 5.69 Å². The van der Waals surface area contributed by atoms with Crippen LogP contribution in [0.25, 0.3) is 0 Å². The predicted molar refractivity (Wildman–Crippen MR) is 84.7 cm³/mol. The second kappa shape index (κ2) is 5.41. The lowest BCUT2D eigenvalue weighted by Crippen LogP contribution is -2.34. The lowest BCUT2D eigenvalue weighted by molar-refractivity contribution is 0.118. The van der Waals surface area contributed by atoms with Crippen molar-refractivity contribution in [3.8, 4) is 5.75 Å². The minimum atomic E-state index is -0.284. The number of ether oxygens (including phenoxy) is 1. The number of fused-ring (bicyclic) bond motifs is 1. The van der Waals surface area contributed by atoms with Gasteiger partial charge >= 0.3 is 0 Å². The van der Waals surface area contributed by atoms with Crippen LogP contribution in [0, 0.1) is 0 Å². The standard InChI is InChI=1S/C18H21NO2/c1-18(2)17(15-5-3-4-6-16(15)21-18)19-14-9-7-13(8-10-14)11-12-20/h3-10,17,19-20H,11-12H2,1-2H3. The Bertz CT molecular complexity index is 619. The van der Waals surface area contributed by atoms with Crippen molar-refractivity contribution in [2.24, 2.45) is 0 Å². The lowest BCUT2D eigenvalue weighted by Gasteiger charge is -2.28. The largest absolute Gasteiger partial charge is 0.485 e. The van der Waals surface area contributed by atoms with Gasteiger partial charge < -0.3 is 15.2 Å². The Morgan fingerprint density at radius 3 is 2.52 bits per heavy atom. The van der Waals surface area contributed by atoms with Gasteiger partial charge in [0.1, 0.15) is 11.4 Å². The molecule has 0 radical (unpaired) electrons. The van der Waals surface area contributed by atoms with Crippen molar-refractivity contribution in [3.05, 3.63) is 59.7 Å². The third-order valence-corrected chi connectivity index (χ3v) is 3.96. The van der Waals surface area contributed by atoms with E-state index in [0.717, 1.165) is 17.0 Å². The number of nitrogens with one attached hydrogen (secondary N) is 1. The van der Waals surface area contributed by atoms with E-state index in [-0.39, 0.29) is 18.2 Å². The number of aliphatic hydroxyl groups excluding tert-OH is 1. The third kappa shape index (κ3) is 2.74. The van der Waals surface area contributed by atoms with Crippen LogP contribution in [0.3, 0.4) is 0 Å². The molecule has 110 valence electrons. The molecule has 0 aromatic heterocycles. The van der Waals surface area contributed by atoms with Gasteiger partial charge in [-0.15, -0.1) is 0 Å². The van der Waals surface area contributed by atoms with E-state index < -0.39 is 0 Å². The van der Waals surface area contributed by atoms with E-state index in [1.807, 2.05) is 30.3 Å². The van der Waals surface area contributed by atoms with E-state index in [2.05, 4.69) is 37.4 Å². The van der Waals surface area contributed by atoms with Crippen molar-refractivity contribution in [2.45, 2.75) is 31.9 Å². The zero-order valence-corrected chi connectivity index (χ0v) is 12.5. The summed E-state index contributed by atoms with van der Waals surface area (Å²) in [7, 11) is 0. The molecular formula is C18H21NO2. The number of hydrogen-bond donors (Lipinski definition) is 2. The number of rotatable bonds is 4. The minimum Gasteiger partial charge on any atom is -0.485 e. The van der Waals surface area contributed by atoms with Gasteiger partial charge in [0.15, 0.2) is 0 Å². The highest BCUT2D eigenvalue weighted by molar-refractivity contribution is 5.52. The summed E-state index contributed by atoms with van der Waals surface area (Å²) in [5, 5.41) is 12.5. The van der Waals surface area contributed by atoms with Gasteiger partial charge in [0.25, 0.3) is 0 Å². The van der Waals surface area contributed by atoms with Crippen LogP contribution < -0.4 is 10.1 Å². The fraction of sp³-hybridized carbons (Fsp3) is 0.333. The fourth-order valence-corrected chi connectivity index (χ4v) is 2.84. The van der Waals surface area contributed by atoms with Crippen LogP contribution in [0.2, 0.25) is 0 Å². The molecule has 2 aromatic carbocycles. The van der Waals surface area contributed by atoms with Crippen LogP contribution in [0.5, 0.6) is 5.75 Å². The summed E-state index contributed by atoms with van der Waals surface area (Å²) in [4.78, 5) is 0. The molecule has 0 bridgehead atoms. The molecule has 3 rings (SSSR count). The first-order chi connectivity index (χ1) is 10.1. The molecule has 0 amide bonds. The van der Waals surface area contributed by atoms with E-state index in [9.17, 15) is 0 Å². The van der Waals surface area contributed by atoms with Crippen LogP contribution in [0.4, 0.5) is 5.69 Å². The number of para-hydroxylation sites is 1. The van der Waals surface area contributed by atoms with Crippen molar-refractivity contribution in [1.82, 2.24) is 0 Å². The molecule has 1 unspecified atom stereocenters.